The Morgan fingerprint density at radius 1 is 1.48 bits per heavy atom. The van der Waals surface area contributed by atoms with Gasteiger partial charge in [-0.2, -0.15) is 0 Å². The van der Waals surface area contributed by atoms with Crippen molar-refractivity contribution in [2.75, 3.05) is 19.7 Å². The van der Waals surface area contributed by atoms with Crippen molar-refractivity contribution in [1.29, 1.82) is 0 Å². The fraction of sp³-hybridized carbons (Fsp3) is 0.812. The normalized spacial score (nSPS) is 24.7. The molecule has 2 heterocycles. The first kappa shape index (κ1) is 16.4. The van der Waals surface area contributed by atoms with E-state index in [1.54, 1.807) is 6.33 Å². The molecule has 1 aliphatic heterocycles. The van der Waals surface area contributed by atoms with Gasteiger partial charge in [-0.25, -0.2) is 0 Å². The molecule has 1 saturated carbocycles. The maximum absolute atomic E-state index is 12.5. The zero-order valence-corrected chi connectivity index (χ0v) is 14.1. The van der Waals surface area contributed by atoms with Crippen molar-refractivity contribution in [3.63, 3.8) is 0 Å². The van der Waals surface area contributed by atoms with Gasteiger partial charge < -0.3 is 14.6 Å². The van der Waals surface area contributed by atoms with Crippen LogP contribution in [-0.4, -0.2) is 57.4 Å². The number of rotatable bonds is 5. The zero-order chi connectivity index (χ0) is 16.2. The highest BCUT2D eigenvalue weighted by atomic mass is 16.5. The summed E-state index contributed by atoms with van der Waals surface area (Å²) in [5.41, 5.74) is 0. The topological polar surface area (TPSA) is 72.3 Å². The first-order valence-electron chi connectivity index (χ1n) is 8.72. The van der Waals surface area contributed by atoms with Gasteiger partial charge >= 0.3 is 0 Å². The molecule has 1 amide bonds. The Kier molecular flexibility index (Phi) is 5.27. The number of nitrogens with one attached hydrogen (secondary N) is 1. The second-order valence-corrected chi connectivity index (χ2v) is 6.50. The third-order valence-corrected chi connectivity index (χ3v) is 5.00. The molecule has 1 N–H and O–H groups in total. The van der Waals surface area contributed by atoms with Crippen molar-refractivity contribution in [1.82, 2.24) is 25.0 Å². The van der Waals surface area contributed by atoms with E-state index < -0.39 is 0 Å². The first-order valence-corrected chi connectivity index (χ1v) is 8.72. The minimum atomic E-state index is -0.139. The number of amides is 1. The summed E-state index contributed by atoms with van der Waals surface area (Å²) in [6.07, 6.45) is 6.30. The summed E-state index contributed by atoms with van der Waals surface area (Å²) in [5, 5.41) is 11.4. The Hall–Kier alpha value is -1.47. The number of nitrogens with zero attached hydrogens (tertiary/aromatic N) is 4. The lowest BCUT2D eigenvalue weighted by molar-refractivity contribution is -0.130. The molecule has 0 spiro atoms. The molecule has 1 aliphatic carbocycles. The summed E-state index contributed by atoms with van der Waals surface area (Å²) in [7, 11) is 0. The molecule has 1 aromatic rings. The van der Waals surface area contributed by atoms with Crippen molar-refractivity contribution >= 4 is 5.91 Å². The average Bonchev–Trinajstić information content (AvgIpc) is 3.25. The number of hydrogen-bond acceptors (Lipinski definition) is 5. The van der Waals surface area contributed by atoms with Crippen LogP contribution in [0, 0.1) is 0 Å². The van der Waals surface area contributed by atoms with Gasteiger partial charge in [0, 0.05) is 25.7 Å². The molecule has 1 aromatic heterocycles. The largest absolute Gasteiger partial charge is 0.368 e. The Bertz CT molecular complexity index is 526. The summed E-state index contributed by atoms with van der Waals surface area (Å²) in [6.45, 7) is 6.93. The summed E-state index contributed by atoms with van der Waals surface area (Å²) in [6, 6.07) is 0.227. The van der Waals surface area contributed by atoms with Crippen LogP contribution in [0.25, 0.3) is 0 Å². The van der Waals surface area contributed by atoms with Crippen LogP contribution >= 0.6 is 0 Å². The van der Waals surface area contributed by atoms with Crippen LogP contribution in [0.15, 0.2) is 6.33 Å². The van der Waals surface area contributed by atoms with Crippen LogP contribution in [0.2, 0.25) is 0 Å². The minimum Gasteiger partial charge on any atom is -0.368 e. The van der Waals surface area contributed by atoms with E-state index in [0.717, 1.165) is 31.8 Å². The van der Waals surface area contributed by atoms with E-state index in [-0.39, 0.29) is 18.1 Å². The Balaban J connectivity index is 1.60. The fourth-order valence-electron chi connectivity index (χ4n) is 3.49. The van der Waals surface area contributed by atoms with E-state index in [9.17, 15) is 4.79 Å². The predicted molar refractivity (Wildman–Crippen MR) is 85.8 cm³/mol. The summed E-state index contributed by atoms with van der Waals surface area (Å²) < 4.78 is 7.86. The van der Waals surface area contributed by atoms with Gasteiger partial charge in [-0.15, -0.1) is 10.2 Å². The molecule has 0 bridgehead atoms. The first-order chi connectivity index (χ1) is 11.2. The molecule has 2 aliphatic rings. The van der Waals surface area contributed by atoms with Crippen molar-refractivity contribution in [3.05, 3.63) is 12.2 Å². The third-order valence-electron chi connectivity index (χ3n) is 5.00. The molecule has 7 nitrogen and oxygen atoms in total. The number of aryl methyl sites for hydroxylation is 1. The number of hydrogen-bond donors (Lipinski definition) is 1. The quantitative estimate of drug-likeness (QED) is 0.880. The summed E-state index contributed by atoms with van der Waals surface area (Å²) in [4.78, 5) is 14.7. The van der Waals surface area contributed by atoms with Gasteiger partial charge in [0.25, 0.3) is 0 Å². The van der Waals surface area contributed by atoms with Gasteiger partial charge in [-0.3, -0.25) is 9.69 Å². The Morgan fingerprint density at radius 3 is 3.00 bits per heavy atom. The predicted octanol–water partition coefficient (Wildman–Crippen LogP) is 1.12. The van der Waals surface area contributed by atoms with E-state index in [4.69, 9.17) is 4.74 Å². The van der Waals surface area contributed by atoms with Crippen LogP contribution in [0.5, 0.6) is 0 Å². The molecule has 23 heavy (non-hydrogen) atoms. The van der Waals surface area contributed by atoms with Gasteiger partial charge in [-0.05, 0) is 26.7 Å². The molecule has 7 heteroatoms. The lowest BCUT2D eigenvalue weighted by Gasteiger charge is -2.36. The van der Waals surface area contributed by atoms with Crippen molar-refractivity contribution < 1.29 is 9.53 Å². The highest BCUT2D eigenvalue weighted by Gasteiger charge is 2.31. The molecule has 128 valence electrons. The third kappa shape index (κ3) is 3.72. The van der Waals surface area contributed by atoms with Gasteiger partial charge in [0.1, 0.15) is 12.4 Å². The van der Waals surface area contributed by atoms with Gasteiger partial charge in [0.05, 0.1) is 12.6 Å². The maximum Gasteiger partial charge on any atom is 0.237 e. The summed E-state index contributed by atoms with van der Waals surface area (Å²) >= 11 is 0. The van der Waals surface area contributed by atoms with Gasteiger partial charge in [0.15, 0.2) is 5.82 Å². The molecule has 3 rings (SSSR count). The van der Waals surface area contributed by atoms with Gasteiger partial charge in [-0.1, -0.05) is 12.8 Å². The van der Waals surface area contributed by atoms with E-state index >= 15 is 0 Å². The van der Waals surface area contributed by atoms with Crippen molar-refractivity contribution in [3.8, 4) is 0 Å². The second kappa shape index (κ2) is 7.40. The van der Waals surface area contributed by atoms with E-state index in [1.807, 2.05) is 11.5 Å². The highest BCUT2D eigenvalue weighted by Crippen LogP contribution is 2.22. The molecule has 0 unspecified atom stereocenters. The van der Waals surface area contributed by atoms with Crippen LogP contribution in [0.4, 0.5) is 0 Å². The smallest absolute Gasteiger partial charge is 0.237 e. The number of carbonyl (C=O) groups is 1. The lowest BCUT2D eigenvalue weighted by Crippen LogP contribution is -2.52. The Morgan fingerprint density at radius 2 is 2.26 bits per heavy atom. The number of morpholine rings is 1. The van der Waals surface area contributed by atoms with Crippen LogP contribution < -0.4 is 5.32 Å². The highest BCUT2D eigenvalue weighted by molar-refractivity contribution is 5.81. The molecule has 2 fully saturated rings. The second-order valence-electron chi connectivity index (χ2n) is 6.50. The van der Waals surface area contributed by atoms with Crippen LogP contribution in [0.3, 0.4) is 0 Å². The van der Waals surface area contributed by atoms with E-state index in [1.165, 1.54) is 12.8 Å². The van der Waals surface area contributed by atoms with Crippen LogP contribution in [-0.2, 0) is 16.1 Å². The molecular weight excluding hydrogens is 294 g/mol. The fourth-order valence-corrected chi connectivity index (χ4v) is 3.49. The van der Waals surface area contributed by atoms with E-state index in [2.05, 4.69) is 27.3 Å². The number of aromatic nitrogens is 3. The zero-order valence-electron chi connectivity index (χ0n) is 14.1. The molecular formula is C16H27N5O2. The number of carbonyl (C=O) groups excluding carboxylic acids is 1. The van der Waals surface area contributed by atoms with E-state index in [0.29, 0.717) is 19.2 Å². The molecule has 2 atom stereocenters. The standard InChI is InChI=1S/C16H27N5O2/c1-3-20-11-17-19-15(20)14-10-21(8-9-23-14)12(2)16(22)18-13-6-4-5-7-13/h11-14H,3-10H2,1-2H3,(H,18,22)/t12-,14-/m1/s1. The van der Waals surface area contributed by atoms with Crippen LogP contribution in [0.1, 0.15) is 51.5 Å². The number of ether oxygens (including phenoxy) is 1. The summed E-state index contributed by atoms with van der Waals surface area (Å²) in [5.74, 6) is 0.982. The Labute approximate surface area is 137 Å². The monoisotopic (exact) mass is 321 g/mol. The maximum atomic E-state index is 12.5. The minimum absolute atomic E-state index is 0.118. The van der Waals surface area contributed by atoms with Crippen molar-refractivity contribution in [2.24, 2.45) is 0 Å². The molecule has 0 aromatic carbocycles. The molecule has 0 radical (unpaired) electrons. The van der Waals surface area contributed by atoms with Crippen molar-refractivity contribution in [2.45, 2.75) is 64.3 Å². The molecule has 1 saturated heterocycles. The lowest BCUT2D eigenvalue weighted by atomic mass is 10.1. The SMILES string of the molecule is CCn1cnnc1[C@H]1CN([C@H](C)C(=O)NC2CCCC2)CCO1. The average molecular weight is 321 g/mol. The van der Waals surface area contributed by atoms with Gasteiger partial charge in [0.2, 0.25) is 5.91 Å².